The number of nitrogens with one attached hydrogen (secondary N) is 1. The van der Waals surface area contributed by atoms with Gasteiger partial charge in [-0.15, -0.1) is 6.58 Å². The molecule has 4 heteroatoms. The second kappa shape index (κ2) is 5.74. The van der Waals surface area contributed by atoms with Crippen molar-refractivity contribution >= 4 is 17.5 Å². The average Bonchev–Trinajstić information content (AvgIpc) is 2.70. The summed E-state index contributed by atoms with van der Waals surface area (Å²) < 4.78 is 2.09. The summed E-state index contributed by atoms with van der Waals surface area (Å²) in [4.78, 5) is 4.44. The van der Waals surface area contributed by atoms with Crippen LogP contribution in [0.25, 0.3) is 0 Å². The van der Waals surface area contributed by atoms with Crippen LogP contribution >= 0.6 is 11.6 Å². The van der Waals surface area contributed by atoms with E-state index >= 15 is 0 Å². The lowest BCUT2D eigenvalue weighted by molar-refractivity contribution is 0.802. The smallest absolute Gasteiger partial charge is 0.203 e. The van der Waals surface area contributed by atoms with Gasteiger partial charge in [-0.25, -0.2) is 4.98 Å². The van der Waals surface area contributed by atoms with E-state index in [1.807, 2.05) is 43.5 Å². The molecule has 0 saturated heterocycles. The molecule has 0 amide bonds. The second-order valence-electron chi connectivity index (χ2n) is 4.13. The number of hydrogen-bond donors (Lipinski definition) is 1. The zero-order valence-corrected chi connectivity index (χ0v) is 11.1. The van der Waals surface area contributed by atoms with Crippen LogP contribution in [0.2, 0.25) is 5.02 Å². The van der Waals surface area contributed by atoms with Gasteiger partial charge >= 0.3 is 0 Å². The first-order valence-corrected chi connectivity index (χ1v) is 6.20. The molecule has 3 nitrogen and oxygen atoms in total. The zero-order valence-electron chi connectivity index (χ0n) is 10.4. The molecule has 0 radical (unpaired) electrons. The second-order valence-corrected chi connectivity index (χ2v) is 4.57. The molecule has 0 aliphatic heterocycles. The predicted molar refractivity (Wildman–Crippen MR) is 76.2 cm³/mol. The Hall–Kier alpha value is -1.74. The lowest BCUT2D eigenvalue weighted by Crippen LogP contribution is -2.07. The normalized spacial score (nSPS) is 10.3. The average molecular weight is 262 g/mol. The number of anilines is 1. The van der Waals surface area contributed by atoms with E-state index in [1.165, 1.54) is 5.56 Å². The van der Waals surface area contributed by atoms with Crippen LogP contribution < -0.4 is 5.32 Å². The highest BCUT2D eigenvalue weighted by molar-refractivity contribution is 6.30. The monoisotopic (exact) mass is 261 g/mol. The number of rotatable bonds is 5. The number of aryl methyl sites for hydroxylation is 1. The van der Waals surface area contributed by atoms with Crippen LogP contribution in [0.4, 0.5) is 5.95 Å². The molecule has 1 aromatic heterocycles. The Balaban J connectivity index is 2.17. The molecule has 1 N–H and O–H groups in total. The van der Waals surface area contributed by atoms with E-state index in [-0.39, 0.29) is 0 Å². The molecule has 0 aliphatic carbocycles. The van der Waals surface area contributed by atoms with Crippen molar-refractivity contribution in [2.24, 2.45) is 0 Å². The standard InChI is InChI=1S/C14H16ClN3/c1-3-8-16-14-17-11(2)9-18(14)10-12-4-6-13(15)7-5-12/h3-7,9H,1,8,10H2,2H3,(H,16,17). The van der Waals surface area contributed by atoms with Gasteiger partial charge in [0.1, 0.15) is 0 Å². The van der Waals surface area contributed by atoms with Crippen molar-refractivity contribution in [2.75, 3.05) is 11.9 Å². The molecule has 0 atom stereocenters. The van der Waals surface area contributed by atoms with E-state index < -0.39 is 0 Å². The lowest BCUT2D eigenvalue weighted by Gasteiger charge is -2.08. The highest BCUT2D eigenvalue weighted by Gasteiger charge is 2.05. The van der Waals surface area contributed by atoms with Crippen molar-refractivity contribution in [3.8, 4) is 0 Å². The molecule has 94 valence electrons. The van der Waals surface area contributed by atoms with Gasteiger partial charge in [0.2, 0.25) is 5.95 Å². The number of benzene rings is 1. The number of hydrogen-bond acceptors (Lipinski definition) is 2. The quantitative estimate of drug-likeness (QED) is 0.835. The maximum atomic E-state index is 5.88. The molecule has 0 aliphatic rings. The van der Waals surface area contributed by atoms with E-state index in [2.05, 4.69) is 21.4 Å². The van der Waals surface area contributed by atoms with E-state index in [1.54, 1.807) is 0 Å². The number of imidazole rings is 1. The molecule has 2 aromatic rings. The molecule has 1 aromatic carbocycles. The van der Waals surface area contributed by atoms with Crippen LogP contribution in [-0.2, 0) is 6.54 Å². The maximum absolute atomic E-state index is 5.88. The van der Waals surface area contributed by atoms with E-state index in [9.17, 15) is 0 Å². The van der Waals surface area contributed by atoms with Crippen molar-refractivity contribution in [1.29, 1.82) is 0 Å². The van der Waals surface area contributed by atoms with Gasteiger partial charge in [-0.1, -0.05) is 29.8 Å². The Morgan fingerprint density at radius 2 is 2.11 bits per heavy atom. The van der Waals surface area contributed by atoms with Crippen LogP contribution in [0, 0.1) is 6.92 Å². The van der Waals surface area contributed by atoms with Crippen LogP contribution in [0.3, 0.4) is 0 Å². The molecular weight excluding hydrogens is 246 g/mol. The molecular formula is C14H16ClN3. The summed E-state index contributed by atoms with van der Waals surface area (Å²) >= 11 is 5.88. The number of aromatic nitrogens is 2. The molecule has 2 rings (SSSR count). The predicted octanol–water partition coefficient (Wildman–Crippen LogP) is 3.49. The third-order valence-electron chi connectivity index (χ3n) is 2.57. The van der Waals surface area contributed by atoms with Crippen LogP contribution in [0.15, 0.2) is 43.1 Å². The molecule has 0 spiro atoms. The molecule has 0 bridgehead atoms. The Morgan fingerprint density at radius 3 is 2.78 bits per heavy atom. The molecule has 18 heavy (non-hydrogen) atoms. The number of nitrogens with zero attached hydrogens (tertiary/aromatic N) is 2. The van der Waals surface area contributed by atoms with Gasteiger partial charge in [-0.3, -0.25) is 0 Å². The van der Waals surface area contributed by atoms with E-state index in [4.69, 9.17) is 11.6 Å². The Bertz CT molecular complexity index is 528. The van der Waals surface area contributed by atoms with Crippen molar-refractivity contribution in [1.82, 2.24) is 9.55 Å². The zero-order chi connectivity index (χ0) is 13.0. The first-order valence-electron chi connectivity index (χ1n) is 5.82. The summed E-state index contributed by atoms with van der Waals surface area (Å²) in [7, 11) is 0. The van der Waals surface area contributed by atoms with Gasteiger partial charge < -0.3 is 9.88 Å². The highest BCUT2D eigenvalue weighted by Crippen LogP contribution is 2.14. The van der Waals surface area contributed by atoms with Crippen molar-refractivity contribution < 1.29 is 0 Å². The minimum Gasteiger partial charge on any atom is -0.352 e. The van der Waals surface area contributed by atoms with Gasteiger partial charge in [-0.2, -0.15) is 0 Å². The fourth-order valence-electron chi connectivity index (χ4n) is 1.76. The Morgan fingerprint density at radius 1 is 1.39 bits per heavy atom. The van der Waals surface area contributed by atoms with Crippen molar-refractivity contribution in [3.63, 3.8) is 0 Å². The van der Waals surface area contributed by atoms with Crippen LogP contribution in [-0.4, -0.2) is 16.1 Å². The van der Waals surface area contributed by atoms with Crippen molar-refractivity contribution in [3.05, 3.63) is 59.4 Å². The SMILES string of the molecule is C=CCNc1nc(C)cn1Cc1ccc(Cl)cc1. The fraction of sp³-hybridized carbons (Fsp3) is 0.214. The topological polar surface area (TPSA) is 29.9 Å². The van der Waals surface area contributed by atoms with Gasteiger partial charge in [-0.05, 0) is 24.6 Å². The Labute approximate surface area is 112 Å². The molecule has 0 fully saturated rings. The summed E-state index contributed by atoms with van der Waals surface area (Å²) in [5.74, 6) is 0.863. The summed E-state index contributed by atoms with van der Waals surface area (Å²) in [6, 6.07) is 7.85. The first-order chi connectivity index (χ1) is 8.69. The van der Waals surface area contributed by atoms with E-state index in [0.29, 0.717) is 6.54 Å². The number of halogens is 1. The van der Waals surface area contributed by atoms with Crippen LogP contribution in [0.5, 0.6) is 0 Å². The van der Waals surface area contributed by atoms with Gasteiger partial charge in [0, 0.05) is 17.8 Å². The first kappa shape index (κ1) is 12.7. The molecule has 0 unspecified atom stereocenters. The third-order valence-corrected chi connectivity index (χ3v) is 2.82. The highest BCUT2D eigenvalue weighted by atomic mass is 35.5. The molecule has 1 heterocycles. The third kappa shape index (κ3) is 3.14. The summed E-state index contributed by atoms with van der Waals surface area (Å²) in [5, 5.41) is 3.98. The minimum absolute atomic E-state index is 0.705. The van der Waals surface area contributed by atoms with E-state index in [0.717, 1.165) is 23.2 Å². The molecule has 0 saturated carbocycles. The largest absolute Gasteiger partial charge is 0.352 e. The summed E-state index contributed by atoms with van der Waals surface area (Å²) in [6.07, 6.45) is 3.84. The van der Waals surface area contributed by atoms with Gasteiger partial charge in [0.05, 0.1) is 12.2 Å². The van der Waals surface area contributed by atoms with Gasteiger partial charge in [0.15, 0.2) is 0 Å². The Kier molecular flexibility index (Phi) is 4.05. The summed E-state index contributed by atoms with van der Waals surface area (Å²) in [6.45, 7) is 7.16. The van der Waals surface area contributed by atoms with Crippen LogP contribution in [0.1, 0.15) is 11.3 Å². The van der Waals surface area contributed by atoms with Gasteiger partial charge in [0.25, 0.3) is 0 Å². The lowest BCUT2D eigenvalue weighted by atomic mass is 10.2. The summed E-state index contributed by atoms with van der Waals surface area (Å²) in [5.41, 5.74) is 2.19. The maximum Gasteiger partial charge on any atom is 0.203 e. The minimum atomic E-state index is 0.705. The van der Waals surface area contributed by atoms with Crippen molar-refractivity contribution in [2.45, 2.75) is 13.5 Å². The fourth-order valence-corrected chi connectivity index (χ4v) is 1.88.